The summed E-state index contributed by atoms with van der Waals surface area (Å²) in [6.07, 6.45) is 0.937. The maximum absolute atomic E-state index is 11.8. The predicted octanol–water partition coefficient (Wildman–Crippen LogP) is 1.16. The smallest absolute Gasteiger partial charge is 0.407 e. The Bertz CT molecular complexity index is 571. The molecule has 7 heteroatoms. The lowest BCUT2D eigenvalue weighted by atomic mass is 10.2. The second-order valence-electron chi connectivity index (χ2n) is 5.37. The zero-order valence-electron chi connectivity index (χ0n) is 12.6. The molecule has 0 radical (unpaired) electrons. The van der Waals surface area contributed by atoms with Gasteiger partial charge in [0.15, 0.2) is 0 Å². The summed E-state index contributed by atoms with van der Waals surface area (Å²) in [5, 5.41) is 2.55. The summed E-state index contributed by atoms with van der Waals surface area (Å²) >= 11 is 0. The van der Waals surface area contributed by atoms with E-state index in [0.29, 0.717) is 0 Å². The topological polar surface area (TPSA) is 86.6 Å². The van der Waals surface area contributed by atoms with Crippen LogP contribution in [0.15, 0.2) is 23.1 Å². The highest BCUT2D eigenvalue weighted by atomic mass is 16.6. The van der Waals surface area contributed by atoms with Crippen LogP contribution in [0.3, 0.4) is 0 Å². The number of rotatable bonds is 4. The van der Waals surface area contributed by atoms with Gasteiger partial charge in [-0.2, -0.15) is 0 Å². The molecule has 0 unspecified atom stereocenters. The standard InChI is InChI=1S/C14H20N2O5/c1-14(2,3)21-13(19)15-6-8-16-7-5-10(9-11(16)17)12(18)20-4/h5,7,9H,6,8H2,1-4H3,(H,15,19). The van der Waals surface area contributed by atoms with Crippen LogP contribution < -0.4 is 10.9 Å². The van der Waals surface area contributed by atoms with Gasteiger partial charge in [0.1, 0.15) is 5.60 Å². The number of hydrogen-bond donors (Lipinski definition) is 1. The highest BCUT2D eigenvalue weighted by molar-refractivity contribution is 5.88. The van der Waals surface area contributed by atoms with Crippen molar-refractivity contribution < 1.29 is 19.1 Å². The van der Waals surface area contributed by atoms with E-state index in [1.165, 1.54) is 30.0 Å². The number of ether oxygens (including phenoxy) is 2. The third kappa shape index (κ3) is 5.68. The van der Waals surface area contributed by atoms with Crippen LogP contribution in [-0.2, 0) is 16.0 Å². The minimum Gasteiger partial charge on any atom is -0.465 e. The lowest BCUT2D eigenvalue weighted by molar-refractivity contribution is 0.0525. The molecule has 0 saturated heterocycles. The number of esters is 1. The number of carbonyl (C=O) groups excluding carboxylic acids is 2. The second-order valence-corrected chi connectivity index (χ2v) is 5.37. The molecule has 1 heterocycles. The Balaban J connectivity index is 2.55. The van der Waals surface area contributed by atoms with Gasteiger partial charge in [0, 0.05) is 25.4 Å². The Morgan fingerprint density at radius 1 is 1.33 bits per heavy atom. The Morgan fingerprint density at radius 3 is 2.52 bits per heavy atom. The van der Waals surface area contributed by atoms with E-state index in [4.69, 9.17) is 4.74 Å². The summed E-state index contributed by atoms with van der Waals surface area (Å²) < 4.78 is 11.0. The van der Waals surface area contributed by atoms with Crippen molar-refractivity contribution in [1.29, 1.82) is 0 Å². The molecular formula is C14H20N2O5. The van der Waals surface area contributed by atoms with Crippen molar-refractivity contribution in [1.82, 2.24) is 9.88 Å². The molecule has 0 bridgehead atoms. The van der Waals surface area contributed by atoms with Gasteiger partial charge in [-0.05, 0) is 26.8 Å². The number of nitrogens with zero attached hydrogens (tertiary/aromatic N) is 1. The number of amides is 1. The Morgan fingerprint density at radius 2 is 2.00 bits per heavy atom. The van der Waals surface area contributed by atoms with Gasteiger partial charge < -0.3 is 19.4 Å². The number of hydrogen-bond acceptors (Lipinski definition) is 5. The van der Waals surface area contributed by atoms with E-state index in [1.807, 2.05) is 0 Å². The highest BCUT2D eigenvalue weighted by Gasteiger charge is 2.15. The normalized spacial score (nSPS) is 10.9. The van der Waals surface area contributed by atoms with Gasteiger partial charge in [-0.15, -0.1) is 0 Å². The number of carbonyl (C=O) groups is 2. The number of nitrogens with one attached hydrogen (secondary N) is 1. The van der Waals surface area contributed by atoms with Gasteiger partial charge >= 0.3 is 12.1 Å². The third-order valence-corrected chi connectivity index (χ3v) is 2.44. The van der Waals surface area contributed by atoms with Gasteiger partial charge in [0.2, 0.25) is 0 Å². The molecular weight excluding hydrogens is 276 g/mol. The molecule has 0 fully saturated rings. The first-order valence-corrected chi connectivity index (χ1v) is 6.48. The van der Waals surface area contributed by atoms with Crippen molar-refractivity contribution in [3.05, 3.63) is 34.2 Å². The van der Waals surface area contributed by atoms with E-state index in [-0.39, 0.29) is 24.2 Å². The maximum Gasteiger partial charge on any atom is 0.407 e. The molecule has 0 atom stereocenters. The van der Waals surface area contributed by atoms with E-state index in [1.54, 1.807) is 20.8 Å². The van der Waals surface area contributed by atoms with Crippen molar-refractivity contribution in [2.24, 2.45) is 0 Å². The van der Waals surface area contributed by atoms with E-state index in [9.17, 15) is 14.4 Å². The van der Waals surface area contributed by atoms with E-state index in [0.717, 1.165) is 0 Å². The first-order chi connectivity index (χ1) is 9.73. The SMILES string of the molecule is COC(=O)c1ccn(CCNC(=O)OC(C)(C)C)c(=O)c1. The molecule has 1 N–H and O–H groups in total. The minimum absolute atomic E-state index is 0.193. The van der Waals surface area contributed by atoms with E-state index < -0.39 is 17.7 Å². The van der Waals surface area contributed by atoms with Gasteiger partial charge in [-0.25, -0.2) is 9.59 Å². The predicted molar refractivity (Wildman–Crippen MR) is 76.3 cm³/mol. The molecule has 0 aliphatic rings. The van der Waals surface area contributed by atoms with Crippen molar-refractivity contribution in [2.45, 2.75) is 32.9 Å². The molecule has 0 aromatic carbocycles. The summed E-state index contributed by atoms with van der Waals surface area (Å²) in [6, 6.07) is 2.68. The highest BCUT2D eigenvalue weighted by Crippen LogP contribution is 2.06. The maximum atomic E-state index is 11.8. The van der Waals surface area contributed by atoms with Crippen molar-refractivity contribution >= 4 is 12.1 Å². The Labute approximate surface area is 122 Å². The molecule has 1 aromatic rings. The fourth-order valence-corrected chi connectivity index (χ4v) is 1.53. The minimum atomic E-state index is -0.566. The Hall–Kier alpha value is -2.31. The van der Waals surface area contributed by atoms with Crippen LogP contribution in [-0.4, -0.2) is 35.9 Å². The van der Waals surface area contributed by atoms with Crippen LogP contribution in [0.1, 0.15) is 31.1 Å². The van der Waals surface area contributed by atoms with Gasteiger partial charge in [0.05, 0.1) is 12.7 Å². The monoisotopic (exact) mass is 296 g/mol. The summed E-state index contributed by atoms with van der Waals surface area (Å²) in [5.41, 5.74) is -0.717. The fourth-order valence-electron chi connectivity index (χ4n) is 1.53. The average Bonchev–Trinajstić information content (AvgIpc) is 2.37. The molecule has 21 heavy (non-hydrogen) atoms. The molecule has 7 nitrogen and oxygen atoms in total. The number of methoxy groups -OCH3 is 1. The quantitative estimate of drug-likeness (QED) is 0.843. The molecule has 0 aliphatic carbocycles. The van der Waals surface area contributed by atoms with Crippen LogP contribution in [0, 0.1) is 0 Å². The van der Waals surface area contributed by atoms with Crippen LogP contribution >= 0.6 is 0 Å². The first-order valence-electron chi connectivity index (χ1n) is 6.48. The van der Waals surface area contributed by atoms with Crippen LogP contribution in [0.2, 0.25) is 0 Å². The van der Waals surface area contributed by atoms with Crippen molar-refractivity contribution in [3.8, 4) is 0 Å². The van der Waals surface area contributed by atoms with E-state index >= 15 is 0 Å². The van der Waals surface area contributed by atoms with Crippen molar-refractivity contribution in [2.75, 3.05) is 13.7 Å². The van der Waals surface area contributed by atoms with Gasteiger partial charge in [-0.3, -0.25) is 4.79 Å². The van der Waals surface area contributed by atoms with Gasteiger partial charge in [-0.1, -0.05) is 0 Å². The molecule has 1 amide bonds. The molecule has 1 aromatic heterocycles. The van der Waals surface area contributed by atoms with Crippen LogP contribution in [0.5, 0.6) is 0 Å². The van der Waals surface area contributed by atoms with Gasteiger partial charge in [0.25, 0.3) is 5.56 Å². The summed E-state index contributed by atoms with van der Waals surface area (Å²) in [4.78, 5) is 34.5. The lowest BCUT2D eigenvalue weighted by Gasteiger charge is -2.19. The molecule has 0 saturated carbocycles. The largest absolute Gasteiger partial charge is 0.465 e. The summed E-state index contributed by atoms with van der Waals surface area (Å²) in [6.45, 7) is 5.82. The zero-order valence-corrected chi connectivity index (χ0v) is 12.6. The van der Waals surface area contributed by atoms with Crippen LogP contribution in [0.4, 0.5) is 4.79 Å². The van der Waals surface area contributed by atoms with E-state index in [2.05, 4.69) is 10.1 Å². The molecule has 0 aliphatic heterocycles. The second kappa shape index (κ2) is 6.92. The summed E-state index contributed by atoms with van der Waals surface area (Å²) in [5.74, 6) is -0.564. The Kier molecular flexibility index (Phi) is 5.52. The van der Waals surface area contributed by atoms with Crippen LogP contribution in [0.25, 0.3) is 0 Å². The lowest BCUT2D eigenvalue weighted by Crippen LogP contribution is -2.35. The fraction of sp³-hybridized carbons (Fsp3) is 0.500. The average molecular weight is 296 g/mol. The summed E-state index contributed by atoms with van der Waals surface area (Å²) in [7, 11) is 1.25. The number of aromatic nitrogens is 1. The third-order valence-electron chi connectivity index (χ3n) is 2.44. The zero-order chi connectivity index (χ0) is 16.0. The molecule has 1 rings (SSSR count). The van der Waals surface area contributed by atoms with Crippen molar-refractivity contribution in [3.63, 3.8) is 0 Å². The molecule has 0 spiro atoms. The first kappa shape index (κ1) is 16.7. The number of alkyl carbamates (subject to hydrolysis) is 1. The molecule has 116 valence electrons. The number of pyridine rings is 1.